The van der Waals surface area contributed by atoms with E-state index in [1.807, 2.05) is 18.2 Å². The van der Waals surface area contributed by atoms with Gasteiger partial charge in [0.25, 0.3) is 0 Å². The Morgan fingerprint density at radius 1 is 1.44 bits per heavy atom. The predicted octanol–water partition coefficient (Wildman–Crippen LogP) is 2.23. The molecule has 2 rings (SSSR count). The Labute approximate surface area is 109 Å². The molecule has 1 aromatic heterocycles. The highest BCUT2D eigenvalue weighted by molar-refractivity contribution is 6.33. The van der Waals surface area contributed by atoms with Crippen LogP contribution in [0.2, 0.25) is 5.02 Å². The normalized spacial score (nSPS) is 10.3. The van der Waals surface area contributed by atoms with Crippen LogP contribution in [0.3, 0.4) is 0 Å². The standard InChI is InChI=1S/C12H12ClN3O2/c1-2-18-11(17)7-10-14-12(16-15-10)8-5-3-4-6-9(8)13/h3-6H,2,7H2,1H3,(H,14,15,16). The Hall–Kier alpha value is -1.88. The minimum absolute atomic E-state index is 0.0747. The van der Waals surface area contributed by atoms with E-state index in [1.54, 1.807) is 13.0 Å². The van der Waals surface area contributed by atoms with E-state index in [0.29, 0.717) is 23.3 Å². The first-order chi connectivity index (χ1) is 8.70. The van der Waals surface area contributed by atoms with Crippen LogP contribution in [0, 0.1) is 0 Å². The summed E-state index contributed by atoms with van der Waals surface area (Å²) in [5.41, 5.74) is 0.727. The van der Waals surface area contributed by atoms with Crippen molar-refractivity contribution in [3.05, 3.63) is 35.1 Å². The molecule has 0 fully saturated rings. The number of esters is 1. The number of H-pyrrole nitrogens is 1. The number of hydrogen-bond donors (Lipinski definition) is 1. The van der Waals surface area contributed by atoms with Crippen LogP contribution in [0.4, 0.5) is 0 Å². The maximum absolute atomic E-state index is 11.3. The molecule has 0 atom stereocenters. The molecule has 6 heteroatoms. The van der Waals surface area contributed by atoms with Crippen molar-refractivity contribution in [2.45, 2.75) is 13.3 Å². The van der Waals surface area contributed by atoms with Crippen molar-refractivity contribution in [3.8, 4) is 11.4 Å². The third-order valence-corrected chi connectivity index (χ3v) is 2.59. The largest absolute Gasteiger partial charge is 0.466 e. The number of rotatable bonds is 4. The number of aromatic amines is 1. The highest BCUT2D eigenvalue weighted by atomic mass is 35.5. The number of nitrogens with one attached hydrogen (secondary N) is 1. The zero-order chi connectivity index (χ0) is 13.0. The molecule has 0 spiro atoms. The second-order valence-electron chi connectivity index (χ2n) is 3.57. The SMILES string of the molecule is CCOC(=O)Cc1nc(-c2ccccc2Cl)n[nH]1. The summed E-state index contributed by atoms with van der Waals surface area (Å²) in [6.45, 7) is 2.11. The molecule has 0 bridgehead atoms. The van der Waals surface area contributed by atoms with Crippen LogP contribution in [-0.2, 0) is 16.0 Å². The molecule has 0 aliphatic heterocycles. The Kier molecular flexibility index (Phi) is 3.94. The van der Waals surface area contributed by atoms with Gasteiger partial charge in [-0.25, -0.2) is 4.98 Å². The first-order valence-electron chi connectivity index (χ1n) is 5.52. The Morgan fingerprint density at radius 2 is 2.22 bits per heavy atom. The Bertz CT molecular complexity index is 554. The summed E-state index contributed by atoms with van der Waals surface area (Å²) in [5.74, 6) is 0.600. The van der Waals surface area contributed by atoms with Gasteiger partial charge in [0, 0.05) is 5.56 Å². The van der Waals surface area contributed by atoms with E-state index in [1.165, 1.54) is 0 Å². The molecule has 0 saturated carbocycles. The summed E-state index contributed by atoms with van der Waals surface area (Å²) in [5, 5.41) is 7.30. The first kappa shape index (κ1) is 12.6. The fourth-order valence-electron chi connectivity index (χ4n) is 1.49. The topological polar surface area (TPSA) is 67.9 Å². The molecule has 1 aromatic carbocycles. The summed E-state index contributed by atoms with van der Waals surface area (Å²) >= 11 is 6.04. The molecule has 94 valence electrons. The van der Waals surface area contributed by atoms with Gasteiger partial charge in [-0.1, -0.05) is 23.7 Å². The molecular weight excluding hydrogens is 254 g/mol. The lowest BCUT2D eigenvalue weighted by Gasteiger charge is -1.98. The minimum atomic E-state index is -0.334. The fourth-order valence-corrected chi connectivity index (χ4v) is 1.71. The van der Waals surface area contributed by atoms with Crippen molar-refractivity contribution in [2.24, 2.45) is 0 Å². The lowest BCUT2D eigenvalue weighted by atomic mass is 10.2. The zero-order valence-electron chi connectivity index (χ0n) is 9.81. The van der Waals surface area contributed by atoms with E-state index >= 15 is 0 Å². The molecule has 18 heavy (non-hydrogen) atoms. The summed E-state index contributed by atoms with van der Waals surface area (Å²) in [7, 11) is 0. The molecule has 1 heterocycles. The van der Waals surface area contributed by atoms with Gasteiger partial charge in [0.1, 0.15) is 12.2 Å². The van der Waals surface area contributed by atoms with Crippen molar-refractivity contribution in [1.82, 2.24) is 15.2 Å². The van der Waals surface area contributed by atoms with Crippen LogP contribution >= 0.6 is 11.6 Å². The summed E-state index contributed by atoms with van der Waals surface area (Å²) < 4.78 is 4.83. The average Bonchev–Trinajstić information content (AvgIpc) is 2.78. The molecule has 0 saturated heterocycles. The molecule has 0 radical (unpaired) electrons. The lowest BCUT2D eigenvalue weighted by molar-refractivity contribution is -0.142. The molecule has 5 nitrogen and oxygen atoms in total. The maximum Gasteiger partial charge on any atom is 0.313 e. The summed E-state index contributed by atoms with van der Waals surface area (Å²) in [6.07, 6.45) is 0.0747. The van der Waals surface area contributed by atoms with Crippen LogP contribution in [0.5, 0.6) is 0 Å². The zero-order valence-corrected chi connectivity index (χ0v) is 10.6. The van der Waals surface area contributed by atoms with Gasteiger partial charge in [0.2, 0.25) is 0 Å². The van der Waals surface area contributed by atoms with Gasteiger partial charge in [0.15, 0.2) is 5.82 Å². The monoisotopic (exact) mass is 265 g/mol. The molecular formula is C12H12ClN3O2. The van der Waals surface area contributed by atoms with Crippen molar-refractivity contribution >= 4 is 17.6 Å². The van der Waals surface area contributed by atoms with Crippen LogP contribution < -0.4 is 0 Å². The Balaban J connectivity index is 2.16. The second-order valence-corrected chi connectivity index (χ2v) is 3.97. The van der Waals surface area contributed by atoms with E-state index in [9.17, 15) is 4.79 Å². The summed E-state index contributed by atoms with van der Waals surface area (Å²) in [6, 6.07) is 7.26. The number of halogens is 1. The van der Waals surface area contributed by atoms with Gasteiger partial charge >= 0.3 is 5.97 Å². The van der Waals surface area contributed by atoms with E-state index in [0.717, 1.165) is 5.56 Å². The summed E-state index contributed by atoms with van der Waals surface area (Å²) in [4.78, 5) is 15.5. The van der Waals surface area contributed by atoms with E-state index in [2.05, 4.69) is 15.2 Å². The number of carbonyl (C=O) groups excluding carboxylic acids is 1. The van der Waals surface area contributed by atoms with Crippen molar-refractivity contribution < 1.29 is 9.53 Å². The van der Waals surface area contributed by atoms with Crippen molar-refractivity contribution in [3.63, 3.8) is 0 Å². The highest BCUT2D eigenvalue weighted by Crippen LogP contribution is 2.24. The molecule has 0 aliphatic carbocycles. The maximum atomic E-state index is 11.3. The third-order valence-electron chi connectivity index (χ3n) is 2.26. The molecule has 0 amide bonds. The highest BCUT2D eigenvalue weighted by Gasteiger charge is 2.12. The number of ether oxygens (including phenoxy) is 1. The van der Waals surface area contributed by atoms with Gasteiger partial charge in [0.05, 0.1) is 11.6 Å². The van der Waals surface area contributed by atoms with Crippen molar-refractivity contribution in [2.75, 3.05) is 6.61 Å². The molecule has 0 unspecified atom stereocenters. The van der Waals surface area contributed by atoms with E-state index < -0.39 is 0 Å². The van der Waals surface area contributed by atoms with Gasteiger partial charge in [-0.3, -0.25) is 9.89 Å². The molecule has 1 N–H and O–H groups in total. The van der Waals surface area contributed by atoms with Crippen LogP contribution in [0.1, 0.15) is 12.7 Å². The molecule has 0 aliphatic rings. The van der Waals surface area contributed by atoms with Gasteiger partial charge in [-0.2, -0.15) is 5.10 Å². The Morgan fingerprint density at radius 3 is 2.94 bits per heavy atom. The second kappa shape index (κ2) is 5.64. The number of hydrogen-bond acceptors (Lipinski definition) is 4. The number of benzene rings is 1. The van der Waals surface area contributed by atoms with Crippen LogP contribution in [0.15, 0.2) is 24.3 Å². The van der Waals surface area contributed by atoms with Crippen molar-refractivity contribution in [1.29, 1.82) is 0 Å². The lowest BCUT2D eigenvalue weighted by Crippen LogP contribution is -2.08. The number of carbonyl (C=O) groups is 1. The smallest absolute Gasteiger partial charge is 0.313 e. The minimum Gasteiger partial charge on any atom is -0.466 e. The van der Waals surface area contributed by atoms with Crippen LogP contribution in [-0.4, -0.2) is 27.8 Å². The molecule has 2 aromatic rings. The number of nitrogens with zero attached hydrogens (tertiary/aromatic N) is 2. The predicted molar refractivity (Wildman–Crippen MR) is 67.2 cm³/mol. The first-order valence-corrected chi connectivity index (χ1v) is 5.90. The van der Waals surface area contributed by atoms with E-state index in [-0.39, 0.29) is 12.4 Å². The van der Waals surface area contributed by atoms with Gasteiger partial charge < -0.3 is 4.74 Å². The van der Waals surface area contributed by atoms with E-state index in [4.69, 9.17) is 16.3 Å². The average molecular weight is 266 g/mol. The van der Waals surface area contributed by atoms with Gasteiger partial charge in [-0.15, -0.1) is 0 Å². The van der Waals surface area contributed by atoms with Gasteiger partial charge in [-0.05, 0) is 19.1 Å². The number of aromatic nitrogens is 3. The quantitative estimate of drug-likeness (QED) is 0.861. The third kappa shape index (κ3) is 2.87. The van der Waals surface area contributed by atoms with Crippen LogP contribution in [0.25, 0.3) is 11.4 Å². The fraction of sp³-hybridized carbons (Fsp3) is 0.250.